The Hall–Kier alpha value is -1.57. The number of nitrogens with two attached hydrogens (primary N) is 1. The van der Waals surface area contributed by atoms with Crippen LogP contribution in [-0.4, -0.2) is 16.6 Å². The fourth-order valence-corrected chi connectivity index (χ4v) is 2.51. The van der Waals surface area contributed by atoms with Gasteiger partial charge in [-0.2, -0.15) is 0 Å². The Balaban J connectivity index is 2.33. The predicted octanol–water partition coefficient (Wildman–Crippen LogP) is 1.56. The summed E-state index contributed by atoms with van der Waals surface area (Å²) in [6.45, 7) is 0.467. The molecule has 0 fully saturated rings. The molecule has 2 heterocycles. The molecule has 18 heavy (non-hydrogen) atoms. The van der Waals surface area contributed by atoms with Crippen molar-refractivity contribution in [2.45, 2.75) is 6.42 Å². The smallest absolute Gasteiger partial charge is 0.256 e. The van der Waals surface area contributed by atoms with Gasteiger partial charge in [-0.25, -0.2) is 4.98 Å². The van der Waals surface area contributed by atoms with Crippen LogP contribution in [0.15, 0.2) is 23.0 Å². The van der Waals surface area contributed by atoms with Gasteiger partial charge in [0.2, 0.25) is 5.95 Å². The van der Waals surface area contributed by atoms with Crippen molar-refractivity contribution in [2.75, 3.05) is 12.3 Å². The zero-order chi connectivity index (χ0) is 12.7. The molecule has 5 nitrogen and oxygen atoms in total. The third kappa shape index (κ3) is 1.86. The molecular formula is C12H10IN3O2. The molecule has 0 amide bonds. The second-order valence-corrected chi connectivity index (χ2v) is 5.26. The quantitative estimate of drug-likeness (QED) is 0.703. The molecule has 3 rings (SSSR count). The molecule has 1 aliphatic heterocycles. The number of ether oxygens (including phenoxy) is 1. The van der Waals surface area contributed by atoms with E-state index in [2.05, 4.69) is 32.6 Å². The van der Waals surface area contributed by atoms with Crippen molar-refractivity contribution in [2.24, 2.45) is 0 Å². The van der Waals surface area contributed by atoms with Crippen molar-refractivity contribution in [3.63, 3.8) is 0 Å². The maximum atomic E-state index is 11.9. The average Bonchev–Trinajstić information content (AvgIpc) is 2.48. The van der Waals surface area contributed by atoms with Crippen LogP contribution in [0.1, 0.15) is 5.56 Å². The fraction of sp³-hybridized carbons (Fsp3) is 0.167. The number of nitrogens with one attached hydrogen (secondary N) is 1. The summed E-state index contributed by atoms with van der Waals surface area (Å²) in [4.78, 5) is 18.6. The zero-order valence-corrected chi connectivity index (χ0v) is 11.5. The summed E-state index contributed by atoms with van der Waals surface area (Å²) in [5, 5.41) is 0. The van der Waals surface area contributed by atoms with Gasteiger partial charge in [0.15, 0.2) is 0 Å². The monoisotopic (exact) mass is 355 g/mol. The van der Waals surface area contributed by atoms with Crippen molar-refractivity contribution in [1.29, 1.82) is 0 Å². The molecular weight excluding hydrogens is 345 g/mol. The summed E-state index contributed by atoms with van der Waals surface area (Å²) in [5.41, 5.74) is 7.50. The third-order valence-corrected chi connectivity index (χ3v) is 3.51. The minimum Gasteiger partial charge on any atom is -0.492 e. The number of nitrogens with zero attached hydrogens (tertiary/aromatic N) is 1. The number of hydrogen-bond acceptors (Lipinski definition) is 4. The molecule has 1 aromatic heterocycles. The van der Waals surface area contributed by atoms with Gasteiger partial charge in [-0.3, -0.25) is 9.78 Å². The number of H-pyrrole nitrogens is 1. The summed E-state index contributed by atoms with van der Waals surface area (Å²) < 4.78 is 6.74. The topological polar surface area (TPSA) is 81.0 Å². The van der Waals surface area contributed by atoms with Crippen molar-refractivity contribution >= 4 is 28.5 Å². The number of halogens is 1. The van der Waals surface area contributed by atoms with E-state index in [1.807, 2.05) is 18.2 Å². The SMILES string of the molecule is Nc1nc2c(c(=O)[nH]1)CCOc1cc(I)ccc1-2. The lowest BCUT2D eigenvalue weighted by Crippen LogP contribution is -2.18. The number of anilines is 1. The first kappa shape index (κ1) is 11.5. The molecule has 1 aromatic carbocycles. The van der Waals surface area contributed by atoms with Crippen molar-refractivity contribution in [3.8, 4) is 17.0 Å². The van der Waals surface area contributed by atoms with Crippen LogP contribution in [0.5, 0.6) is 5.75 Å². The fourth-order valence-electron chi connectivity index (χ4n) is 2.04. The Morgan fingerprint density at radius 1 is 1.44 bits per heavy atom. The van der Waals surface area contributed by atoms with Crippen molar-refractivity contribution in [3.05, 3.63) is 37.7 Å². The van der Waals surface area contributed by atoms with Gasteiger partial charge in [0.05, 0.1) is 12.3 Å². The highest BCUT2D eigenvalue weighted by Crippen LogP contribution is 2.34. The van der Waals surface area contributed by atoms with Gasteiger partial charge in [-0.1, -0.05) is 0 Å². The molecule has 0 unspecified atom stereocenters. The molecule has 2 aromatic rings. The molecule has 1 aliphatic rings. The standard InChI is InChI=1S/C12H10IN3O2/c13-6-1-2-7-9(5-6)18-4-3-8-10(7)15-12(14)16-11(8)17/h1-2,5H,3-4H2,(H3,14,15,16,17). The van der Waals surface area contributed by atoms with E-state index in [1.165, 1.54) is 0 Å². The highest BCUT2D eigenvalue weighted by atomic mass is 127. The predicted molar refractivity (Wildman–Crippen MR) is 76.6 cm³/mol. The van der Waals surface area contributed by atoms with Gasteiger partial charge in [-0.05, 0) is 40.8 Å². The molecule has 0 saturated carbocycles. The molecule has 0 saturated heterocycles. The lowest BCUT2D eigenvalue weighted by molar-refractivity contribution is 0.326. The van der Waals surface area contributed by atoms with Crippen LogP contribution in [-0.2, 0) is 6.42 Å². The second kappa shape index (κ2) is 4.27. The first-order valence-electron chi connectivity index (χ1n) is 5.46. The summed E-state index contributed by atoms with van der Waals surface area (Å²) >= 11 is 2.22. The Morgan fingerprint density at radius 3 is 3.11 bits per heavy atom. The summed E-state index contributed by atoms with van der Waals surface area (Å²) in [6, 6.07) is 5.80. The Morgan fingerprint density at radius 2 is 2.28 bits per heavy atom. The minimum absolute atomic E-state index is 0.130. The van der Waals surface area contributed by atoms with E-state index in [1.54, 1.807) is 0 Å². The Kier molecular flexibility index (Phi) is 2.73. The molecule has 3 N–H and O–H groups in total. The van der Waals surface area contributed by atoms with Crippen molar-refractivity contribution < 1.29 is 4.74 Å². The van der Waals surface area contributed by atoms with Crippen LogP contribution in [0.25, 0.3) is 11.3 Å². The van der Waals surface area contributed by atoms with Gasteiger partial charge >= 0.3 is 0 Å². The number of rotatable bonds is 0. The van der Waals surface area contributed by atoms with E-state index >= 15 is 0 Å². The van der Waals surface area contributed by atoms with E-state index < -0.39 is 0 Å². The van der Waals surface area contributed by atoms with Gasteiger partial charge in [0.1, 0.15) is 5.75 Å². The first-order valence-corrected chi connectivity index (χ1v) is 6.54. The second-order valence-electron chi connectivity index (χ2n) is 4.02. The lowest BCUT2D eigenvalue weighted by atomic mass is 10.1. The van der Waals surface area contributed by atoms with Gasteiger partial charge in [-0.15, -0.1) is 0 Å². The van der Waals surface area contributed by atoms with Crippen LogP contribution in [0, 0.1) is 3.57 Å². The highest BCUT2D eigenvalue weighted by molar-refractivity contribution is 14.1. The molecule has 6 heteroatoms. The molecule has 0 bridgehead atoms. The summed E-state index contributed by atoms with van der Waals surface area (Å²) in [5.74, 6) is 0.878. The first-order chi connectivity index (χ1) is 8.65. The minimum atomic E-state index is -0.187. The summed E-state index contributed by atoms with van der Waals surface area (Å²) in [7, 11) is 0. The maximum Gasteiger partial charge on any atom is 0.256 e. The van der Waals surface area contributed by atoms with Gasteiger partial charge in [0, 0.05) is 21.1 Å². The number of fused-ring (bicyclic) bond motifs is 3. The Bertz CT molecular complexity index is 682. The molecule has 0 radical (unpaired) electrons. The van der Waals surface area contributed by atoms with E-state index in [-0.39, 0.29) is 11.5 Å². The van der Waals surface area contributed by atoms with E-state index in [9.17, 15) is 4.79 Å². The van der Waals surface area contributed by atoms with E-state index in [0.717, 1.165) is 14.9 Å². The molecule has 0 atom stereocenters. The Labute approximate surface area is 117 Å². The van der Waals surface area contributed by atoms with Crippen LogP contribution < -0.4 is 16.0 Å². The van der Waals surface area contributed by atoms with E-state index in [4.69, 9.17) is 10.5 Å². The van der Waals surface area contributed by atoms with Gasteiger partial charge in [0.25, 0.3) is 5.56 Å². The number of aromatic nitrogens is 2. The van der Waals surface area contributed by atoms with E-state index in [0.29, 0.717) is 24.3 Å². The van der Waals surface area contributed by atoms with Crippen LogP contribution in [0.3, 0.4) is 0 Å². The van der Waals surface area contributed by atoms with Crippen LogP contribution in [0.4, 0.5) is 5.95 Å². The number of hydrogen-bond donors (Lipinski definition) is 2. The maximum absolute atomic E-state index is 11.9. The average molecular weight is 355 g/mol. The summed E-state index contributed by atoms with van der Waals surface area (Å²) in [6.07, 6.45) is 0.531. The highest BCUT2D eigenvalue weighted by Gasteiger charge is 2.20. The van der Waals surface area contributed by atoms with Crippen LogP contribution >= 0.6 is 22.6 Å². The molecule has 92 valence electrons. The van der Waals surface area contributed by atoms with Gasteiger partial charge < -0.3 is 10.5 Å². The zero-order valence-electron chi connectivity index (χ0n) is 9.37. The number of aromatic amines is 1. The molecule has 0 aliphatic carbocycles. The number of benzene rings is 1. The lowest BCUT2D eigenvalue weighted by Gasteiger charge is -2.08. The molecule has 0 spiro atoms. The third-order valence-electron chi connectivity index (χ3n) is 2.84. The number of nitrogen functional groups attached to an aromatic ring is 1. The largest absolute Gasteiger partial charge is 0.492 e. The normalized spacial score (nSPS) is 13.2. The van der Waals surface area contributed by atoms with Crippen molar-refractivity contribution in [1.82, 2.24) is 9.97 Å². The van der Waals surface area contributed by atoms with Crippen LogP contribution in [0.2, 0.25) is 0 Å².